The Hall–Kier alpha value is -3.97. The average Bonchev–Trinajstić information content (AvgIpc) is 3.38. The highest BCUT2D eigenvalue weighted by Gasteiger charge is 2.20. The second-order valence-corrected chi connectivity index (χ2v) is 7.98. The minimum absolute atomic E-state index is 0.0455. The number of nitro groups is 1. The van der Waals surface area contributed by atoms with Crippen molar-refractivity contribution in [2.45, 2.75) is 6.54 Å². The molecule has 2 aliphatic rings. The molecule has 0 saturated carbocycles. The summed E-state index contributed by atoms with van der Waals surface area (Å²) in [7, 11) is 0. The van der Waals surface area contributed by atoms with Gasteiger partial charge in [-0.25, -0.2) is 0 Å². The number of rotatable bonds is 7. The predicted octanol–water partition coefficient (Wildman–Crippen LogP) is 2.53. The summed E-state index contributed by atoms with van der Waals surface area (Å²) in [4.78, 5) is 28.4. The number of non-ortho nitro benzene ring substituents is 1. The Balaban J connectivity index is 1.36. The van der Waals surface area contributed by atoms with Crippen molar-refractivity contribution in [1.29, 1.82) is 0 Å². The molecule has 3 aromatic rings. The van der Waals surface area contributed by atoms with Crippen LogP contribution >= 0.6 is 0 Å². The molecule has 0 spiro atoms. The van der Waals surface area contributed by atoms with Crippen LogP contribution in [0.5, 0.6) is 0 Å². The summed E-state index contributed by atoms with van der Waals surface area (Å²) in [5.74, 6) is 1.37. The molecule has 1 aromatic carbocycles. The zero-order chi connectivity index (χ0) is 24.0. The molecule has 0 aliphatic carbocycles. The van der Waals surface area contributed by atoms with Crippen molar-refractivity contribution in [2.24, 2.45) is 10.2 Å². The topological polar surface area (TPSA) is 136 Å². The van der Waals surface area contributed by atoms with Gasteiger partial charge < -0.3 is 23.8 Å². The number of nitro benzene ring substituents is 1. The highest BCUT2D eigenvalue weighted by molar-refractivity contribution is 5.44. The van der Waals surface area contributed by atoms with Gasteiger partial charge >= 0.3 is 0 Å². The molecule has 2 aliphatic heterocycles. The van der Waals surface area contributed by atoms with Crippen LogP contribution in [-0.4, -0.2) is 77.0 Å². The molecule has 13 heteroatoms. The number of azo groups is 1. The van der Waals surface area contributed by atoms with Crippen molar-refractivity contribution in [2.75, 3.05) is 62.4 Å². The Morgan fingerprint density at radius 1 is 0.886 bits per heavy atom. The zero-order valence-corrected chi connectivity index (χ0v) is 19.1. The number of ether oxygens (including phenoxy) is 2. The SMILES string of the molecule is O=[N+]([O-])c1ccc(-n2cccc2CN=Nc2nc(N3CCOCC3)nc(N3CCOCC3)n2)cc1. The fourth-order valence-corrected chi connectivity index (χ4v) is 3.90. The first-order valence-corrected chi connectivity index (χ1v) is 11.4. The summed E-state index contributed by atoms with van der Waals surface area (Å²) in [5.41, 5.74) is 1.72. The first-order chi connectivity index (χ1) is 17.2. The van der Waals surface area contributed by atoms with Crippen LogP contribution < -0.4 is 9.80 Å². The lowest BCUT2D eigenvalue weighted by Gasteiger charge is -2.29. The number of benzene rings is 1. The second kappa shape index (κ2) is 10.5. The summed E-state index contributed by atoms with van der Waals surface area (Å²) >= 11 is 0. The fourth-order valence-electron chi connectivity index (χ4n) is 3.90. The molecule has 0 radical (unpaired) electrons. The van der Waals surface area contributed by atoms with Gasteiger partial charge in [-0.1, -0.05) is 0 Å². The van der Waals surface area contributed by atoms with E-state index < -0.39 is 4.92 Å². The average molecular weight is 480 g/mol. The lowest BCUT2D eigenvalue weighted by molar-refractivity contribution is -0.384. The molecule has 2 saturated heterocycles. The van der Waals surface area contributed by atoms with E-state index in [-0.39, 0.29) is 18.2 Å². The van der Waals surface area contributed by atoms with Gasteiger partial charge in [0, 0.05) is 55.9 Å². The van der Waals surface area contributed by atoms with Gasteiger partial charge in [0.05, 0.1) is 31.4 Å². The van der Waals surface area contributed by atoms with E-state index in [1.165, 1.54) is 12.1 Å². The van der Waals surface area contributed by atoms with E-state index in [9.17, 15) is 10.1 Å². The van der Waals surface area contributed by atoms with Crippen molar-refractivity contribution < 1.29 is 14.4 Å². The Kier molecular flexibility index (Phi) is 6.86. The molecule has 35 heavy (non-hydrogen) atoms. The molecule has 0 N–H and O–H groups in total. The van der Waals surface area contributed by atoms with Gasteiger partial charge in [0.15, 0.2) is 0 Å². The molecule has 0 atom stereocenters. The summed E-state index contributed by atoms with van der Waals surface area (Å²) in [5, 5.41) is 19.6. The summed E-state index contributed by atoms with van der Waals surface area (Å²) < 4.78 is 12.8. The van der Waals surface area contributed by atoms with Gasteiger partial charge in [-0.2, -0.15) is 20.1 Å². The first-order valence-electron chi connectivity index (χ1n) is 11.4. The third kappa shape index (κ3) is 5.41. The Morgan fingerprint density at radius 2 is 1.49 bits per heavy atom. The first kappa shape index (κ1) is 22.8. The normalized spacial score (nSPS) is 16.7. The molecule has 13 nitrogen and oxygen atoms in total. The third-order valence-electron chi connectivity index (χ3n) is 5.75. The minimum atomic E-state index is -0.417. The molecule has 2 aromatic heterocycles. The standard InChI is InChI=1S/C22H25N9O4/c32-31(33)18-5-3-17(4-6-18)30-7-1-2-19(30)16-23-27-20-24-21(28-8-12-34-13-9-28)26-22(25-20)29-10-14-35-15-11-29/h1-7H,8-16H2. The molecule has 5 rings (SSSR count). The maximum Gasteiger partial charge on any atom is 0.275 e. The van der Waals surface area contributed by atoms with Crippen LogP contribution in [0.3, 0.4) is 0 Å². The van der Waals surface area contributed by atoms with Crippen molar-refractivity contribution in [1.82, 2.24) is 19.5 Å². The second-order valence-electron chi connectivity index (χ2n) is 7.98. The lowest BCUT2D eigenvalue weighted by Crippen LogP contribution is -2.39. The van der Waals surface area contributed by atoms with Gasteiger partial charge in [-0.15, -0.1) is 5.11 Å². The van der Waals surface area contributed by atoms with Gasteiger partial charge in [0.1, 0.15) is 6.54 Å². The minimum Gasteiger partial charge on any atom is -0.378 e. The number of hydrogen-bond donors (Lipinski definition) is 0. The maximum absolute atomic E-state index is 10.9. The molecule has 2 fully saturated rings. The summed E-state index contributed by atoms with van der Waals surface area (Å²) in [6, 6.07) is 10.2. The van der Waals surface area contributed by atoms with Crippen molar-refractivity contribution in [3.63, 3.8) is 0 Å². The van der Waals surface area contributed by atoms with E-state index in [1.807, 2.05) is 22.9 Å². The summed E-state index contributed by atoms with van der Waals surface area (Å²) in [6.07, 6.45) is 1.88. The predicted molar refractivity (Wildman–Crippen MR) is 127 cm³/mol. The number of anilines is 2. The van der Waals surface area contributed by atoms with E-state index in [4.69, 9.17) is 9.47 Å². The van der Waals surface area contributed by atoms with Crippen molar-refractivity contribution in [3.05, 3.63) is 58.4 Å². The van der Waals surface area contributed by atoms with Crippen LogP contribution in [0.2, 0.25) is 0 Å². The smallest absolute Gasteiger partial charge is 0.275 e. The maximum atomic E-state index is 10.9. The van der Waals surface area contributed by atoms with Crippen molar-refractivity contribution >= 4 is 23.5 Å². The van der Waals surface area contributed by atoms with Crippen LogP contribution in [-0.2, 0) is 16.0 Å². The van der Waals surface area contributed by atoms with Crippen LogP contribution in [0.4, 0.5) is 23.5 Å². The van der Waals surface area contributed by atoms with Gasteiger partial charge in [0.2, 0.25) is 11.9 Å². The Bertz CT molecular complexity index is 1150. The fraction of sp³-hybridized carbons (Fsp3) is 0.409. The number of nitrogens with zero attached hydrogens (tertiary/aromatic N) is 9. The van der Waals surface area contributed by atoms with E-state index in [1.54, 1.807) is 12.1 Å². The lowest BCUT2D eigenvalue weighted by atomic mass is 10.2. The molecular weight excluding hydrogens is 454 g/mol. The Labute approximate surface area is 201 Å². The van der Waals surface area contributed by atoms with E-state index >= 15 is 0 Å². The van der Waals surface area contributed by atoms with E-state index in [0.717, 1.165) is 11.4 Å². The number of aromatic nitrogens is 4. The molecule has 4 heterocycles. The largest absolute Gasteiger partial charge is 0.378 e. The van der Waals surface area contributed by atoms with Crippen LogP contribution in [0.1, 0.15) is 5.69 Å². The molecule has 182 valence electrons. The monoisotopic (exact) mass is 479 g/mol. The Morgan fingerprint density at radius 3 is 2.06 bits per heavy atom. The van der Waals surface area contributed by atoms with Gasteiger partial charge in [-0.05, 0) is 24.3 Å². The van der Waals surface area contributed by atoms with Gasteiger partial charge in [-0.3, -0.25) is 10.1 Å². The molecule has 0 amide bonds. The zero-order valence-electron chi connectivity index (χ0n) is 19.1. The summed E-state index contributed by atoms with van der Waals surface area (Å²) in [6.45, 7) is 5.57. The van der Waals surface area contributed by atoms with Crippen LogP contribution in [0.25, 0.3) is 5.69 Å². The highest BCUT2D eigenvalue weighted by atomic mass is 16.6. The highest BCUT2D eigenvalue weighted by Crippen LogP contribution is 2.22. The van der Waals surface area contributed by atoms with Crippen molar-refractivity contribution in [3.8, 4) is 5.69 Å². The number of hydrogen-bond acceptors (Lipinski definition) is 11. The third-order valence-corrected chi connectivity index (χ3v) is 5.75. The van der Waals surface area contributed by atoms with E-state index in [2.05, 4.69) is 35.0 Å². The molecule has 0 unspecified atom stereocenters. The quantitative estimate of drug-likeness (QED) is 0.284. The van der Waals surface area contributed by atoms with E-state index in [0.29, 0.717) is 64.5 Å². The van der Waals surface area contributed by atoms with Crippen LogP contribution in [0, 0.1) is 10.1 Å². The molecular formula is C22H25N9O4. The number of morpholine rings is 2. The van der Waals surface area contributed by atoms with Crippen LogP contribution in [0.15, 0.2) is 52.8 Å². The molecule has 0 bridgehead atoms. The van der Waals surface area contributed by atoms with Gasteiger partial charge in [0.25, 0.3) is 11.6 Å².